The van der Waals surface area contributed by atoms with Crippen molar-refractivity contribution in [2.24, 2.45) is 0 Å². The molecule has 5 nitrogen and oxygen atoms in total. The second kappa shape index (κ2) is 7.74. The molecule has 25 heavy (non-hydrogen) atoms. The van der Waals surface area contributed by atoms with Crippen molar-refractivity contribution < 1.29 is 9.53 Å². The lowest BCUT2D eigenvalue weighted by molar-refractivity contribution is 0.111. The minimum absolute atomic E-state index is 0.143. The minimum atomic E-state index is -0.143. The summed E-state index contributed by atoms with van der Waals surface area (Å²) >= 11 is 0. The van der Waals surface area contributed by atoms with Gasteiger partial charge in [-0.15, -0.1) is 0 Å². The normalized spacial score (nSPS) is 16.8. The maximum atomic E-state index is 12.0. The highest BCUT2D eigenvalue weighted by molar-refractivity contribution is 5.73. The highest BCUT2D eigenvalue weighted by Crippen LogP contribution is 2.21. The number of urea groups is 1. The highest BCUT2D eigenvalue weighted by atomic mass is 16.5. The molecule has 1 saturated heterocycles. The van der Waals surface area contributed by atoms with E-state index >= 15 is 0 Å². The van der Waals surface area contributed by atoms with E-state index in [0.29, 0.717) is 13.1 Å². The van der Waals surface area contributed by atoms with E-state index in [0.717, 1.165) is 42.1 Å². The average Bonchev–Trinajstić information content (AvgIpc) is 3.20. The van der Waals surface area contributed by atoms with Crippen LogP contribution in [-0.4, -0.2) is 29.9 Å². The first-order valence-corrected chi connectivity index (χ1v) is 8.93. The van der Waals surface area contributed by atoms with E-state index in [9.17, 15) is 4.79 Å². The fourth-order valence-corrected chi connectivity index (χ4v) is 3.35. The van der Waals surface area contributed by atoms with Crippen LogP contribution in [0.1, 0.15) is 35.4 Å². The van der Waals surface area contributed by atoms with Crippen molar-refractivity contribution in [3.05, 3.63) is 52.8 Å². The number of amides is 2. The molecule has 3 rings (SSSR count). The van der Waals surface area contributed by atoms with E-state index in [1.807, 2.05) is 0 Å². The van der Waals surface area contributed by atoms with Crippen LogP contribution in [0.5, 0.6) is 0 Å². The number of hydrogen-bond donors (Lipinski definition) is 2. The standard InChI is InChI=1S/C20H27N3O2/c1-14-6-8-18(9-7-14)23-15(2)11-17(16(23)3)12-21-20(24)22-13-19-5-4-10-25-19/h6-9,11,19H,4-5,10,12-13H2,1-3H3,(H2,21,22,24)/t19-/m1/s1. The lowest BCUT2D eigenvalue weighted by atomic mass is 10.2. The second-order valence-electron chi connectivity index (χ2n) is 6.77. The molecule has 0 radical (unpaired) electrons. The summed E-state index contributed by atoms with van der Waals surface area (Å²) in [5.74, 6) is 0. The summed E-state index contributed by atoms with van der Waals surface area (Å²) in [7, 11) is 0. The molecule has 134 valence electrons. The Morgan fingerprint density at radius 1 is 1.20 bits per heavy atom. The molecule has 2 N–H and O–H groups in total. The number of carbonyl (C=O) groups excluding carboxylic acids is 1. The largest absolute Gasteiger partial charge is 0.376 e. The molecule has 1 aliphatic heterocycles. The smallest absolute Gasteiger partial charge is 0.315 e. The Labute approximate surface area is 149 Å². The number of ether oxygens (including phenoxy) is 1. The van der Waals surface area contributed by atoms with E-state index in [1.54, 1.807) is 0 Å². The fraction of sp³-hybridized carbons (Fsp3) is 0.450. The van der Waals surface area contributed by atoms with E-state index in [-0.39, 0.29) is 12.1 Å². The molecule has 0 aliphatic carbocycles. The lowest BCUT2D eigenvalue weighted by Gasteiger charge is -2.12. The van der Waals surface area contributed by atoms with E-state index < -0.39 is 0 Å². The third-order valence-corrected chi connectivity index (χ3v) is 4.78. The quantitative estimate of drug-likeness (QED) is 0.876. The molecule has 1 atom stereocenters. The van der Waals surface area contributed by atoms with Gasteiger partial charge in [-0.25, -0.2) is 4.79 Å². The molecule has 1 aromatic heterocycles. The summed E-state index contributed by atoms with van der Waals surface area (Å²) in [5.41, 5.74) is 5.84. The fourth-order valence-electron chi connectivity index (χ4n) is 3.35. The van der Waals surface area contributed by atoms with Crippen LogP contribution in [0.4, 0.5) is 4.79 Å². The Kier molecular flexibility index (Phi) is 5.43. The lowest BCUT2D eigenvalue weighted by Crippen LogP contribution is -2.39. The summed E-state index contributed by atoms with van der Waals surface area (Å²) < 4.78 is 7.74. The number of nitrogens with one attached hydrogen (secondary N) is 2. The Hall–Kier alpha value is -2.27. The van der Waals surface area contributed by atoms with Gasteiger partial charge in [0.25, 0.3) is 0 Å². The number of nitrogens with zero attached hydrogens (tertiary/aromatic N) is 1. The Balaban J connectivity index is 1.60. The summed E-state index contributed by atoms with van der Waals surface area (Å²) in [4.78, 5) is 12.0. The van der Waals surface area contributed by atoms with Crippen LogP contribution in [0.15, 0.2) is 30.3 Å². The van der Waals surface area contributed by atoms with Crippen molar-refractivity contribution in [2.75, 3.05) is 13.2 Å². The van der Waals surface area contributed by atoms with E-state index in [1.165, 1.54) is 5.56 Å². The van der Waals surface area contributed by atoms with Crippen LogP contribution >= 0.6 is 0 Å². The Bertz CT molecular complexity index is 728. The van der Waals surface area contributed by atoms with Gasteiger partial charge in [0.15, 0.2) is 0 Å². The van der Waals surface area contributed by atoms with Crippen molar-refractivity contribution >= 4 is 6.03 Å². The van der Waals surface area contributed by atoms with Crippen molar-refractivity contribution in [3.8, 4) is 5.69 Å². The monoisotopic (exact) mass is 341 g/mol. The molecule has 2 amide bonds. The van der Waals surface area contributed by atoms with Gasteiger partial charge in [-0.05, 0) is 57.4 Å². The first kappa shape index (κ1) is 17.5. The molecular formula is C20H27N3O2. The van der Waals surface area contributed by atoms with Gasteiger partial charge in [0.2, 0.25) is 0 Å². The zero-order valence-electron chi connectivity index (χ0n) is 15.3. The molecule has 0 bridgehead atoms. The molecule has 1 aliphatic rings. The van der Waals surface area contributed by atoms with Gasteiger partial charge in [-0.3, -0.25) is 0 Å². The first-order chi connectivity index (χ1) is 12.0. The number of carbonyl (C=O) groups is 1. The third kappa shape index (κ3) is 4.23. The van der Waals surface area contributed by atoms with Crippen LogP contribution in [0.2, 0.25) is 0 Å². The molecule has 1 fully saturated rings. The van der Waals surface area contributed by atoms with Gasteiger partial charge in [-0.2, -0.15) is 0 Å². The predicted molar refractivity (Wildman–Crippen MR) is 99.2 cm³/mol. The van der Waals surface area contributed by atoms with Gasteiger partial charge in [0, 0.05) is 36.8 Å². The van der Waals surface area contributed by atoms with Crippen molar-refractivity contribution in [1.29, 1.82) is 0 Å². The maximum absolute atomic E-state index is 12.0. The average molecular weight is 341 g/mol. The van der Waals surface area contributed by atoms with Gasteiger partial charge >= 0.3 is 6.03 Å². The van der Waals surface area contributed by atoms with Gasteiger partial charge in [0.05, 0.1) is 6.10 Å². The zero-order valence-corrected chi connectivity index (χ0v) is 15.3. The molecule has 5 heteroatoms. The molecule has 2 heterocycles. The molecule has 0 saturated carbocycles. The van der Waals surface area contributed by atoms with Crippen molar-refractivity contribution in [1.82, 2.24) is 15.2 Å². The Morgan fingerprint density at radius 2 is 1.96 bits per heavy atom. The summed E-state index contributed by atoms with van der Waals surface area (Å²) in [5, 5.41) is 5.84. The van der Waals surface area contributed by atoms with Gasteiger partial charge < -0.3 is 19.9 Å². The summed E-state index contributed by atoms with van der Waals surface area (Å²) in [6.07, 6.45) is 2.27. The summed E-state index contributed by atoms with van der Waals surface area (Å²) in [6.45, 7) is 8.17. The third-order valence-electron chi connectivity index (χ3n) is 4.78. The highest BCUT2D eigenvalue weighted by Gasteiger charge is 2.16. The topological polar surface area (TPSA) is 55.3 Å². The van der Waals surface area contributed by atoms with Crippen LogP contribution < -0.4 is 10.6 Å². The van der Waals surface area contributed by atoms with E-state index in [4.69, 9.17) is 4.74 Å². The summed E-state index contributed by atoms with van der Waals surface area (Å²) in [6, 6.07) is 10.5. The van der Waals surface area contributed by atoms with Crippen molar-refractivity contribution in [2.45, 2.75) is 46.3 Å². The van der Waals surface area contributed by atoms with Crippen LogP contribution in [0, 0.1) is 20.8 Å². The molecule has 1 aromatic carbocycles. The molecular weight excluding hydrogens is 314 g/mol. The number of aryl methyl sites for hydroxylation is 2. The number of aromatic nitrogens is 1. The van der Waals surface area contributed by atoms with E-state index in [2.05, 4.69) is 66.3 Å². The molecule has 0 unspecified atom stereocenters. The first-order valence-electron chi connectivity index (χ1n) is 8.93. The maximum Gasteiger partial charge on any atom is 0.315 e. The van der Waals surface area contributed by atoms with Crippen LogP contribution in [0.25, 0.3) is 5.69 Å². The predicted octanol–water partition coefficient (Wildman–Crippen LogP) is 3.38. The second-order valence-corrected chi connectivity index (χ2v) is 6.77. The minimum Gasteiger partial charge on any atom is -0.376 e. The molecule has 0 spiro atoms. The van der Waals surface area contributed by atoms with Crippen LogP contribution in [0.3, 0.4) is 0 Å². The Morgan fingerprint density at radius 3 is 2.64 bits per heavy atom. The molecule has 2 aromatic rings. The van der Waals surface area contributed by atoms with Gasteiger partial charge in [-0.1, -0.05) is 17.7 Å². The number of rotatable bonds is 5. The van der Waals surface area contributed by atoms with Crippen LogP contribution in [-0.2, 0) is 11.3 Å². The SMILES string of the molecule is Cc1ccc(-n2c(C)cc(CNC(=O)NC[C@H]3CCCO3)c2C)cc1. The van der Waals surface area contributed by atoms with Gasteiger partial charge in [0.1, 0.15) is 0 Å². The van der Waals surface area contributed by atoms with Crippen molar-refractivity contribution in [3.63, 3.8) is 0 Å². The number of benzene rings is 1. The zero-order chi connectivity index (χ0) is 17.8. The number of hydrogen-bond acceptors (Lipinski definition) is 2.